The highest BCUT2D eigenvalue weighted by molar-refractivity contribution is 6.21. The molecule has 1 fully saturated rings. The van der Waals surface area contributed by atoms with Gasteiger partial charge in [-0.25, -0.2) is 9.78 Å². The van der Waals surface area contributed by atoms with Gasteiger partial charge in [0.2, 0.25) is 5.89 Å². The molecule has 1 aromatic heterocycles. The highest BCUT2D eigenvalue weighted by Crippen LogP contribution is 2.30. The number of methoxy groups -OCH3 is 1. The van der Waals surface area contributed by atoms with E-state index >= 15 is 0 Å². The normalized spacial score (nSPS) is 14.5. The predicted octanol–water partition coefficient (Wildman–Crippen LogP) is 4.32. The number of oxazole rings is 1. The highest BCUT2D eigenvalue weighted by Gasteiger charge is 2.52. The molecular weight excluding hydrogens is 490 g/mol. The first-order chi connectivity index (χ1) is 18.5. The van der Waals surface area contributed by atoms with Crippen LogP contribution in [0.2, 0.25) is 0 Å². The topological polar surface area (TPSA) is 129 Å². The molecule has 0 spiro atoms. The van der Waals surface area contributed by atoms with Crippen molar-refractivity contribution in [1.82, 2.24) is 15.6 Å². The van der Waals surface area contributed by atoms with Gasteiger partial charge in [0.1, 0.15) is 29.2 Å². The van der Waals surface area contributed by atoms with Crippen LogP contribution in [0.1, 0.15) is 6.42 Å². The first kappa shape index (κ1) is 24.7. The van der Waals surface area contributed by atoms with Crippen molar-refractivity contribution in [1.29, 1.82) is 0 Å². The van der Waals surface area contributed by atoms with E-state index in [2.05, 4.69) is 15.6 Å². The van der Waals surface area contributed by atoms with E-state index in [1.54, 1.807) is 42.7 Å². The molecule has 2 N–H and O–H groups in total. The summed E-state index contributed by atoms with van der Waals surface area (Å²) < 4.78 is 22.4. The zero-order valence-electron chi connectivity index (χ0n) is 20.3. The lowest BCUT2D eigenvalue weighted by Crippen LogP contribution is -2.69. The summed E-state index contributed by atoms with van der Waals surface area (Å²) in [6.07, 6.45) is 1.53. The molecule has 192 valence electrons. The van der Waals surface area contributed by atoms with Gasteiger partial charge in [-0.05, 0) is 48.5 Å². The van der Waals surface area contributed by atoms with Gasteiger partial charge >= 0.3 is 6.03 Å². The molecule has 0 bridgehead atoms. The van der Waals surface area contributed by atoms with E-state index < -0.39 is 23.4 Å². The van der Waals surface area contributed by atoms with Crippen LogP contribution in [0.5, 0.6) is 17.2 Å². The molecule has 4 amide bonds. The third-order valence-corrected chi connectivity index (χ3v) is 5.87. The molecule has 0 atom stereocenters. The number of imide groups is 2. The molecule has 0 unspecified atom stereocenters. The van der Waals surface area contributed by atoms with Gasteiger partial charge in [0.25, 0.3) is 17.4 Å². The average Bonchev–Trinajstić information content (AvgIpc) is 3.42. The average molecular weight is 514 g/mol. The van der Waals surface area contributed by atoms with Crippen molar-refractivity contribution >= 4 is 17.8 Å². The van der Waals surface area contributed by atoms with Crippen LogP contribution in [0.4, 0.5) is 4.79 Å². The van der Waals surface area contributed by atoms with E-state index in [9.17, 15) is 14.4 Å². The van der Waals surface area contributed by atoms with Gasteiger partial charge in [-0.3, -0.25) is 20.2 Å². The van der Waals surface area contributed by atoms with E-state index in [1.807, 2.05) is 42.5 Å². The lowest BCUT2D eigenvalue weighted by Gasteiger charge is -2.34. The second kappa shape index (κ2) is 10.6. The molecule has 5 rings (SSSR count). The number of nitrogens with one attached hydrogen (secondary N) is 2. The van der Waals surface area contributed by atoms with E-state index in [0.717, 1.165) is 16.8 Å². The first-order valence-corrected chi connectivity index (χ1v) is 11.7. The van der Waals surface area contributed by atoms with Crippen molar-refractivity contribution < 1.29 is 33.0 Å². The van der Waals surface area contributed by atoms with Crippen molar-refractivity contribution in [2.24, 2.45) is 0 Å². The number of carbonyl (C=O) groups excluding carboxylic acids is 3. The number of barbiturate groups is 1. The maximum absolute atomic E-state index is 12.5. The minimum absolute atomic E-state index is 0.0628. The third kappa shape index (κ3) is 5.11. The van der Waals surface area contributed by atoms with Crippen molar-refractivity contribution in [2.45, 2.75) is 12.0 Å². The number of nitrogens with zero attached hydrogens (tertiary/aromatic N) is 1. The molecule has 10 heteroatoms. The fourth-order valence-electron chi connectivity index (χ4n) is 3.89. The van der Waals surface area contributed by atoms with Crippen LogP contribution in [0.3, 0.4) is 0 Å². The largest absolute Gasteiger partial charge is 0.467 e. The SMILES string of the molecule is COCCC1(Oc2ccc(Oc3ccc(-c4nc(-c5ccccc5)co4)cc3)cc2)C(=O)NC(=O)NC1=O. The highest BCUT2D eigenvalue weighted by atomic mass is 16.5. The Hall–Kier alpha value is -4.96. The predicted molar refractivity (Wildman–Crippen MR) is 135 cm³/mol. The standard InChI is InChI=1S/C28H23N3O7/c1-35-16-15-28(25(32)30-27(34)31-26(28)33)38-22-13-11-21(12-14-22)37-20-9-7-19(8-10-20)24-29-23(17-36-24)18-5-3-2-4-6-18/h2-14,17H,15-16H2,1H3,(H2,30,31,32,33,34). The Bertz CT molecular complexity index is 1430. The van der Waals surface area contributed by atoms with E-state index in [1.165, 1.54) is 7.11 Å². The van der Waals surface area contributed by atoms with Gasteiger partial charge in [0, 0.05) is 24.7 Å². The van der Waals surface area contributed by atoms with Crippen LogP contribution in [0, 0.1) is 0 Å². The molecule has 3 aromatic carbocycles. The summed E-state index contributed by atoms with van der Waals surface area (Å²) in [6.45, 7) is 0.0628. The summed E-state index contributed by atoms with van der Waals surface area (Å²) in [5.74, 6) is 0.110. The van der Waals surface area contributed by atoms with Crippen molar-refractivity contribution in [3.8, 4) is 40.0 Å². The summed E-state index contributed by atoms with van der Waals surface area (Å²) >= 11 is 0. The number of ether oxygens (including phenoxy) is 3. The van der Waals surface area contributed by atoms with Crippen LogP contribution in [-0.4, -0.2) is 42.1 Å². The molecule has 0 radical (unpaired) electrons. The van der Waals surface area contributed by atoms with E-state index in [-0.39, 0.29) is 18.8 Å². The first-order valence-electron chi connectivity index (χ1n) is 11.7. The number of hydrogen-bond donors (Lipinski definition) is 2. The van der Waals surface area contributed by atoms with Gasteiger partial charge in [-0.2, -0.15) is 0 Å². The number of rotatable bonds is 9. The monoisotopic (exact) mass is 513 g/mol. The molecule has 1 aliphatic rings. The zero-order chi connectivity index (χ0) is 26.5. The molecule has 0 aliphatic carbocycles. The van der Waals surface area contributed by atoms with Crippen molar-refractivity contribution in [3.63, 3.8) is 0 Å². The fourth-order valence-corrected chi connectivity index (χ4v) is 3.89. The molecule has 1 aliphatic heterocycles. The van der Waals surface area contributed by atoms with Crippen LogP contribution in [0.15, 0.2) is 89.5 Å². The smallest absolute Gasteiger partial charge is 0.328 e. The number of amides is 4. The minimum atomic E-state index is -1.94. The molecule has 0 saturated carbocycles. The van der Waals surface area contributed by atoms with Gasteiger partial charge in [-0.15, -0.1) is 0 Å². The number of benzene rings is 3. The Labute approximate surface area is 217 Å². The van der Waals surface area contributed by atoms with Gasteiger partial charge < -0.3 is 18.6 Å². The van der Waals surface area contributed by atoms with Crippen molar-refractivity contribution in [3.05, 3.63) is 85.1 Å². The third-order valence-electron chi connectivity index (χ3n) is 5.87. The molecule has 38 heavy (non-hydrogen) atoms. The summed E-state index contributed by atoms with van der Waals surface area (Å²) in [4.78, 5) is 41.2. The lowest BCUT2D eigenvalue weighted by molar-refractivity contribution is -0.153. The molecule has 2 heterocycles. The van der Waals surface area contributed by atoms with Gasteiger partial charge in [0.15, 0.2) is 0 Å². The van der Waals surface area contributed by atoms with E-state index in [0.29, 0.717) is 17.4 Å². The number of aromatic nitrogens is 1. The Morgan fingerprint density at radius 3 is 2.03 bits per heavy atom. The summed E-state index contributed by atoms with van der Waals surface area (Å²) in [7, 11) is 1.43. The number of carbonyl (C=O) groups is 3. The Morgan fingerprint density at radius 2 is 1.39 bits per heavy atom. The number of hydrogen-bond acceptors (Lipinski definition) is 8. The van der Waals surface area contributed by atoms with Crippen LogP contribution >= 0.6 is 0 Å². The Kier molecular flexibility index (Phi) is 6.88. The second-order valence-electron chi connectivity index (χ2n) is 8.41. The maximum Gasteiger partial charge on any atom is 0.328 e. The Balaban J connectivity index is 1.26. The fraction of sp³-hybridized carbons (Fsp3) is 0.143. The van der Waals surface area contributed by atoms with Crippen LogP contribution in [-0.2, 0) is 14.3 Å². The molecule has 10 nitrogen and oxygen atoms in total. The quantitative estimate of drug-likeness (QED) is 0.317. The van der Waals surface area contributed by atoms with Gasteiger partial charge in [0.05, 0.1) is 6.61 Å². The Morgan fingerprint density at radius 1 is 0.789 bits per heavy atom. The van der Waals surface area contributed by atoms with Crippen molar-refractivity contribution in [2.75, 3.05) is 13.7 Å². The maximum atomic E-state index is 12.5. The summed E-state index contributed by atoms with van der Waals surface area (Å²) in [6, 6.07) is 22.5. The molecular formula is C28H23N3O7. The van der Waals surface area contributed by atoms with Crippen LogP contribution in [0.25, 0.3) is 22.7 Å². The lowest BCUT2D eigenvalue weighted by atomic mass is 9.95. The summed E-state index contributed by atoms with van der Waals surface area (Å²) in [5.41, 5.74) is 0.578. The molecule has 4 aromatic rings. The number of urea groups is 1. The molecule has 1 saturated heterocycles. The summed E-state index contributed by atoms with van der Waals surface area (Å²) in [5, 5.41) is 4.15. The zero-order valence-corrected chi connectivity index (χ0v) is 20.3. The van der Waals surface area contributed by atoms with Gasteiger partial charge in [-0.1, -0.05) is 30.3 Å². The minimum Gasteiger partial charge on any atom is -0.467 e. The van der Waals surface area contributed by atoms with Crippen LogP contribution < -0.4 is 20.1 Å². The van der Waals surface area contributed by atoms with E-state index in [4.69, 9.17) is 18.6 Å². The second-order valence-corrected chi connectivity index (χ2v) is 8.41.